The average Bonchev–Trinajstić information content (AvgIpc) is 3.14. The molecule has 0 atom stereocenters. The topological polar surface area (TPSA) is 76.0 Å². The van der Waals surface area contributed by atoms with Gasteiger partial charge in [-0.25, -0.2) is 9.07 Å². The number of hydrogen-bond acceptors (Lipinski definition) is 3. The lowest BCUT2D eigenvalue weighted by atomic mass is 9.95. The van der Waals surface area contributed by atoms with Crippen molar-refractivity contribution in [1.82, 2.24) is 15.1 Å². The summed E-state index contributed by atoms with van der Waals surface area (Å²) in [5.41, 5.74) is 3.76. The molecule has 1 aliphatic rings. The summed E-state index contributed by atoms with van der Waals surface area (Å²) in [5.74, 6) is -0.960. The van der Waals surface area contributed by atoms with E-state index in [2.05, 4.69) is 15.7 Å². The third-order valence-corrected chi connectivity index (χ3v) is 5.11. The Balaban J connectivity index is 1.71. The van der Waals surface area contributed by atoms with Crippen LogP contribution in [0.1, 0.15) is 44.9 Å². The monoisotopic (exact) mass is 392 g/mol. The predicted octanol–water partition coefficient (Wildman–Crippen LogP) is 3.50. The molecule has 2 aromatic carbocycles. The molecule has 2 amide bonds. The number of nitrogens with one attached hydrogen (secondary N) is 2. The molecule has 148 valence electrons. The van der Waals surface area contributed by atoms with Gasteiger partial charge in [-0.3, -0.25) is 9.59 Å². The van der Waals surface area contributed by atoms with E-state index in [9.17, 15) is 14.0 Å². The van der Waals surface area contributed by atoms with Gasteiger partial charge in [0, 0.05) is 18.3 Å². The zero-order valence-corrected chi connectivity index (χ0v) is 16.0. The van der Waals surface area contributed by atoms with Crippen LogP contribution in [0.3, 0.4) is 0 Å². The number of benzene rings is 2. The van der Waals surface area contributed by atoms with Gasteiger partial charge in [0.1, 0.15) is 5.82 Å². The molecule has 1 aliphatic carbocycles. The molecule has 6 nitrogen and oxygen atoms in total. The van der Waals surface area contributed by atoms with Crippen molar-refractivity contribution < 1.29 is 14.0 Å². The number of aromatic nitrogens is 2. The van der Waals surface area contributed by atoms with Gasteiger partial charge >= 0.3 is 0 Å². The molecule has 4 rings (SSSR count). The number of hydrogen-bond donors (Lipinski definition) is 2. The lowest BCUT2D eigenvalue weighted by Crippen LogP contribution is -2.22. The molecule has 0 saturated carbocycles. The molecular formula is C22H21FN4O2. The van der Waals surface area contributed by atoms with Gasteiger partial charge in [-0.15, -0.1) is 0 Å². The maximum absolute atomic E-state index is 13.3. The van der Waals surface area contributed by atoms with E-state index in [-0.39, 0.29) is 17.6 Å². The van der Waals surface area contributed by atoms with E-state index in [0.29, 0.717) is 16.9 Å². The Morgan fingerprint density at radius 2 is 1.72 bits per heavy atom. The molecular weight excluding hydrogens is 371 g/mol. The number of fused-ring (bicyclic) bond motifs is 1. The van der Waals surface area contributed by atoms with Gasteiger partial charge in [0.2, 0.25) is 0 Å². The first-order chi connectivity index (χ1) is 14.1. The summed E-state index contributed by atoms with van der Waals surface area (Å²) in [6.45, 7) is 0. The van der Waals surface area contributed by atoms with Gasteiger partial charge in [-0.2, -0.15) is 5.10 Å². The summed E-state index contributed by atoms with van der Waals surface area (Å²) in [5, 5.41) is 9.97. The lowest BCUT2D eigenvalue weighted by Gasteiger charge is -2.14. The number of rotatable bonds is 4. The smallest absolute Gasteiger partial charge is 0.276 e. The van der Waals surface area contributed by atoms with Crippen LogP contribution in [0.25, 0.3) is 5.69 Å². The van der Waals surface area contributed by atoms with Gasteiger partial charge < -0.3 is 10.6 Å². The van der Waals surface area contributed by atoms with E-state index >= 15 is 0 Å². The highest BCUT2D eigenvalue weighted by Crippen LogP contribution is 2.28. The molecule has 0 radical (unpaired) electrons. The molecule has 0 spiro atoms. The summed E-state index contributed by atoms with van der Waals surface area (Å²) >= 11 is 0. The standard InChI is InChI=1S/C22H21FN4O2/c1-24-21(28)16-6-2-4-8-18(16)25-22(29)20-17-7-3-5-9-19(17)27(26-20)15-12-10-14(23)11-13-15/h2,4,6,8,10-13H,3,5,7,9H2,1H3,(H,24,28)(H,25,29). The minimum atomic E-state index is -0.361. The van der Waals surface area contributed by atoms with E-state index in [1.165, 1.54) is 12.1 Å². The predicted molar refractivity (Wildman–Crippen MR) is 108 cm³/mol. The summed E-state index contributed by atoms with van der Waals surface area (Å²) < 4.78 is 15.1. The minimum Gasteiger partial charge on any atom is -0.355 e. The van der Waals surface area contributed by atoms with Crippen LogP contribution in [0.4, 0.5) is 10.1 Å². The van der Waals surface area contributed by atoms with Crippen molar-refractivity contribution in [2.24, 2.45) is 0 Å². The fraction of sp³-hybridized carbons (Fsp3) is 0.227. The Hall–Kier alpha value is -3.48. The van der Waals surface area contributed by atoms with Gasteiger partial charge in [0.15, 0.2) is 5.69 Å². The van der Waals surface area contributed by atoms with Crippen LogP contribution < -0.4 is 10.6 Å². The average molecular weight is 392 g/mol. The molecule has 3 aromatic rings. The second-order valence-corrected chi connectivity index (χ2v) is 6.95. The summed E-state index contributed by atoms with van der Waals surface area (Å²) in [6.07, 6.45) is 3.57. The number of carbonyl (C=O) groups is 2. The summed E-state index contributed by atoms with van der Waals surface area (Å²) in [6, 6.07) is 12.9. The lowest BCUT2D eigenvalue weighted by molar-refractivity contribution is 0.0964. The Bertz CT molecular complexity index is 1070. The molecule has 0 saturated heterocycles. The summed E-state index contributed by atoms with van der Waals surface area (Å²) in [4.78, 5) is 25.2. The van der Waals surface area contributed by atoms with Crippen LogP contribution in [0, 0.1) is 5.82 Å². The first-order valence-corrected chi connectivity index (χ1v) is 9.57. The second-order valence-electron chi connectivity index (χ2n) is 6.95. The zero-order valence-electron chi connectivity index (χ0n) is 16.0. The Labute approximate surface area is 167 Å². The third kappa shape index (κ3) is 3.63. The fourth-order valence-electron chi connectivity index (χ4n) is 3.68. The highest BCUT2D eigenvalue weighted by Gasteiger charge is 2.26. The first kappa shape index (κ1) is 18.9. The number of halogens is 1. The van der Waals surface area contributed by atoms with Crippen molar-refractivity contribution >= 4 is 17.5 Å². The normalized spacial score (nSPS) is 12.9. The molecule has 2 N–H and O–H groups in total. The third-order valence-electron chi connectivity index (χ3n) is 5.11. The number of carbonyl (C=O) groups excluding carboxylic acids is 2. The van der Waals surface area contributed by atoms with Crippen LogP contribution in [0.5, 0.6) is 0 Å². The summed E-state index contributed by atoms with van der Waals surface area (Å²) in [7, 11) is 1.54. The Morgan fingerprint density at radius 3 is 2.48 bits per heavy atom. The van der Waals surface area contributed by atoms with E-state index in [1.54, 1.807) is 48.1 Å². The highest BCUT2D eigenvalue weighted by molar-refractivity contribution is 6.08. The molecule has 0 bridgehead atoms. The molecule has 7 heteroatoms. The van der Waals surface area contributed by atoms with Crippen molar-refractivity contribution in [3.8, 4) is 5.69 Å². The Kier molecular flexibility index (Phi) is 5.12. The highest BCUT2D eigenvalue weighted by atomic mass is 19.1. The van der Waals surface area contributed by atoms with Crippen molar-refractivity contribution in [2.45, 2.75) is 25.7 Å². The van der Waals surface area contributed by atoms with Crippen molar-refractivity contribution in [3.63, 3.8) is 0 Å². The molecule has 29 heavy (non-hydrogen) atoms. The molecule has 1 aromatic heterocycles. The number of amides is 2. The Morgan fingerprint density at radius 1 is 1.00 bits per heavy atom. The number of nitrogens with zero attached hydrogens (tertiary/aromatic N) is 2. The number of anilines is 1. The van der Waals surface area contributed by atoms with Gasteiger partial charge in [-0.05, 0) is 62.1 Å². The van der Waals surface area contributed by atoms with Crippen molar-refractivity contribution in [3.05, 3.63) is 76.9 Å². The molecule has 0 fully saturated rings. The first-order valence-electron chi connectivity index (χ1n) is 9.57. The number of para-hydroxylation sites is 1. The largest absolute Gasteiger partial charge is 0.355 e. The second kappa shape index (κ2) is 7.87. The molecule has 1 heterocycles. The quantitative estimate of drug-likeness (QED) is 0.714. The van der Waals surface area contributed by atoms with E-state index in [4.69, 9.17) is 0 Å². The van der Waals surface area contributed by atoms with Crippen molar-refractivity contribution in [2.75, 3.05) is 12.4 Å². The fourth-order valence-corrected chi connectivity index (χ4v) is 3.68. The van der Waals surface area contributed by atoms with Crippen LogP contribution in [-0.2, 0) is 12.8 Å². The zero-order chi connectivity index (χ0) is 20.4. The van der Waals surface area contributed by atoms with Crippen LogP contribution in [0.2, 0.25) is 0 Å². The van der Waals surface area contributed by atoms with Crippen molar-refractivity contribution in [1.29, 1.82) is 0 Å². The van der Waals surface area contributed by atoms with E-state index in [0.717, 1.165) is 42.6 Å². The SMILES string of the molecule is CNC(=O)c1ccccc1NC(=O)c1nn(-c2ccc(F)cc2)c2c1CCCC2. The van der Waals surface area contributed by atoms with Crippen LogP contribution in [0.15, 0.2) is 48.5 Å². The van der Waals surface area contributed by atoms with Gasteiger partial charge in [0.05, 0.1) is 16.9 Å². The van der Waals surface area contributed by atoms with Gasteiger partial charge in [-0.1, -0.05) is 12.1 Å². The van der Waals surface area contributed by atoms with Crippen LogP contribution >= 0.6 is 0 Å². The molecule has 0 unspecified atom stereocenters. The van der Waals surface area contributed by atoms with Crippen LogP contribution in [-0.4, -0.2) is 28.6 Å². The van der Waals surface area contributed by atoms with Gasteiger partial charge in [0.25, 0.3) is 11.8 Å². The minimum absolute atomic E-state index is 0.278. The van der Waals surface area contributed by atoms with E-state index in [1.807, 2.05) is 0 Å². The molecule has 0 aliphatic heterocycles. The maximum Gasteiger partial charge on any atom is 0.276 e. The van der Waals surface area contributed by atoms with E-state index < -0.39 is 0 Å². The maximum atomic E-state index is 13.3.